The Morgan fingerprint density at radius 1 is 0.962 bits per heavy atom. The highest BCUT2D eigenvalue weighted by Crippen LogP contribution is 2.30. The number of hydrogen-bond acceptors (Lipinski definition) is 4. The van der Waals surface area contributed by atoms with E-state index in [1.165, 1.54) is 26.4 Å². The molecule has 0 radical (unpaired) electrons. The van der Waals surface area contributed by atoms with Crippen molar-refractivity contribution in [1.29, 1.82) is 0 Å². The predicted molar refractivity (Wildman–Crippen MR) is 92.7 cm³/mol. The van der Waals surface area contributed by atoms with Crippen molar-refractivity contribution in [2.45, 2.75) is 12.6 Å². The van der Waals surface area contributed by atoms with Crippen LogP contribution in [0.3, 0.4) is 0 Å². The zero-order valence-corrected chi connectivity index (χ0v) is 14.3. The number of halogens is 3. The summed E-state index contributed by atoms with van der Waals surface area (Å²) in [7, 11) is 3.07. The molecule has 0 bridgehead atoms. The molecule has 0 unspecified atom stereocenters. The summed E-state index contributed by atoms with van der Waals surface area (Å²) in [5.41, 5.74) is 0.310. The lowest BCUT2D eigenvalue weighted by molar-refractivity contribution is -0.137. The topological polar surface area (TPSA) is 59.6 Å². The van der Waals surface area contributed by atoms with Crippen molar-refractivity contribution < 1.29 is 27.4 Å². The van der Waals surface area contributed by atoms with E-state index >= 15 is 0 Å². The monoisotopic (exact) mass is 368 g/mol. The van der Waals surface area contributed by atoms with Gasteiger partial charge in [0.15, 0.2) is 11.5 Å². The van der Waals surface area contributed by atoms with Gasteiger partial charge in [0.2, 0.25) is 5.91 Å². The van der Waals surface area contributed by atoms with Crippen LogP contribution in [-0.2, 0) is 11.0 Å². The molecule has 8 heteroatoms. The fraction of sp³-hybridized carbons (Fsp3) is 0.278. The second-order valence-corrected chi connectivity index (χ2v) is 5.37. The lowest BCUT2D eigenvalue weighted by Crippen LogP contribution is -2.16. The lowest BCUT2D eigenvalue weighted by Gasteiger charge is -2.11. The van der Waals surface area contributed by atoms with Gasteiger partial charge in [-0.05, 0) is 36.4 Å². The smallest absolute Gasteiger partial charge is 0.416 e. The molecule has 0 atom stereocenters. The first kappa shape index (κ1) is 19.4. The van der Waals surface area contributed by atoms with Crippen LogP contribution in [0.15, 0.2) is 42.5 Å². The Hall–Kier alpha value is -2.90. The highest BCUT2D eigenvalue weighted by atomic mass is 19.4. The summed E-state index contributed by atoms with van der Waals surface area (Å²) in [5.74, 6) is 0.850. The minimum absolute atomic E-state index is 0.148. The van der Waals surface area contributed by atoms with Gasteiger partial charge in [0.05, 0.1) is 19.8 Å². The van der Waals surface area contributed by atoms with Crippen molar-refractivity contribution in [1.82, 2.24) is 0 Å². The molecule has 0 aromatic heterocycles. The second-order valence-electron chi connectivity index (χ2n) is 5.37. The van der Waals surface area contributed by atoms with Crippen LogP contribution in [0, 0.1) is 0 Å². The number of nitrogens with one attached hydrogen (secondary N) is 2. The molecule has 2 aromatic rings. The summed E-state index contributed by atoms with van der Waals surface area (Å²) in [6, 6.07) is 9.57. The van der Waals surface area contributed by atoms with Gasteiger partial charge in [0, 0.05) is 30.4 Å². The van der Waals surface area contributed by atoms with E-state index in [9.17, 15) is 18.0 Å². The molecule has 0 spiro atoms. The lowest BCUT2D eigenvalue weighted by atomic mass is 10.2. The highest BCUT2D eigenvalue weighted by molar-refractivity contribution is 5.91. The molecule has 5 nitrogen and oxygen atoms in total. The number of carbonyl (C=O) groups excluding carboxylic acids is 1. The number of anilines is 2. The molecule has 2 aromatic carbocycles. The van der Waals surface area contributed by atoms with Gasteiger partial charge in [0.1, 0.15) is 0 Å². The van der Waals surface area contributed by atoms with Crippen molar-refractivity contribution in [3.63, 3.8) is 0 Å². The normalized spacial score (nSPS) is 11.0. The summed E-state index contributed by atoms with van der Waals surface area (Å²) >= 11 is 0. The molecular weight excluding hydrogens is 349 g/mol. The molecule has 1 amide bonds. The van der Waals surface area contributed by atoms with Crippen LogP contribution in [0.1, 0.15) is 12.0 Å². The fourth-order valence-electron chi connectivity index (χ4n) is 2.23. The van der Waals surface area contributed by atoms with Crippen LogP contribution in [0.2, 0.25) is 0 Å². The predicted octanol–water partition coefficient (Wildman–Crippen LogP) is 4.16. The van der Waals surface area contributed by atoms with Crippen molar-refractivity contribution in [2.24, 2.45) is 0 Å². The number of ether oxygens (including phenoxy) is 2. The van der Waals surface area contributed by atoms with Crippen LogP contribution in [-0.4, -0.2) is 26.7 Å². The Bertz CT molecular complexity index is 746. The third-order valence-corrected chi connectivity index (χ3v) is 3.56. The number of benzene rings is 2. The SMILES string of the molecule is COc1ccc(NCCC(=O)Nc2ccc(C(F)(F)F)cc2)cc1OC. The molecule has 0 aliphatic heterocycles. The van der Waals surface area contributed by atoms with Crippen molar-refractivity contribution in [2.75, 3.05) is 31.4 Å². The Labute approximate surface area is 149 Å². The summed E-state index contributed by atoms with van der Waals surface area (Å²) in [6.45, 7) is 0.349. The summed E-state index contributed by atoms with van der Waals surface area (Å²) in [6.07, 6.45) is -4.25. The van der Waals surface area contributed by atoms with E-state index in [1.807, 2.05) is 0 Å². The Morgan fingerprint density at radius 2 is 1.58 bits per heavy atom. The molecule has 0 saturated heterocycles. The number of amides is 1. The zero-order chi connectivity index (χ0) is 19.2. The van der Waals surface area contributed by atoms with Gasteiger partial charge >= 0.3 is 6.18 Å². The molecule has 0 fully saturated rings. The highest BCUT2D eigenvalue weighted by Gasteiger charge is 2.29. The molecule has 2 N–H and O–H groups in total. The van der Waals surface area contributed by atoms with Gasteiger partial charge in [0.25, 0.3) is 0 Å². The number of carbonyl (C=O) groups is 1. The third kappa shape index (κ3) is 5.30. The first-order chi connectivity index (χ1) is 12.3. The first-order valence-corrected chi connectivity index (χ1v) is 7.76. The van der Waals surface area contributed by atoms with Gasteiger partial charge in [-0.25, -0.2) is 0 Å². The molecule has 26 heavy (non-hydrogen) atoms. The quantitative estimate of drug-likeness (QED) is 0.770. The van der Waals surface area contributed by atoms with E-state index in [0.717, 1.165) is 17.8 Å². The molecule has 0 saturated carbocycles. The number of hydrogen-bond donors (Lipinski definition) is 2. The minimum atomic E-state index is -4.40. The Kier molecular flexibility index (Phi) is 6.32. The van der Waals surface area contributed by atoms with Gasteiger partial charge in [-0.3, -0.25) is 4.79 Å². The minimum Gasteiger partial charge on any atom is -0.493 e. The summed E-state index contributed by atoms with van der Waals surface area (Å²) in [5, 5.41) is 5.63. The number of rotatable bonds is 7. The Balaban J connectivity index is 1.84. The Morgan fingerprint density at radius 3 is 2.15 bits per heavy atom. The maximum atomic E-state index is 12.5. The number of methoxy groups -OCH3 is 2. The van der Waals surface area contributed by atoms with Crippen LogP contribution >= 0.6 is 0 Å². The molecular formula is C18H19F3N2O3. The fourth-order valence-corrected chi connectivity index (χ4v) is 2.23. The second kappa shape index (κ2) is 8.46. The summed E-state index contributed by atoms with van der Waals surface area (Å²) in [4.78, 5) is 11.9. The van der Waals surface area contributed by atoms with E-state index in [4.69, 9.17) is 9.47 Å². The zero-order valence-electron chi connectivity index (χ0n) is 14.3. The van der Waals surface area contributed by atoms with Crippen molar-refractivity contribution >= 4 is 17.3 Å². The van der Waals surface area contributed by atoms with Gasteiger partial charge < -0.3 is 20.1 Å². The van der Waals surface area contributed by atoms with Crippen molar-refractivity contribution in [3.05, 3.63) is 48.0 Å². The average molecular weight is 368 g/mol. The standard InChI is InChI=1S/C18H19F3N2O3/c1-25-15-8-7-14(11-16(15)26-2)22-10-9-17(24)23-13-5-3-12(4-6-13)18(19,20)21/h3-8,11,22H,9-10H2,1-2H3,(H,23,24). The summed E-state index contributed by atoms with van der Waals surface area (Å²) < 4.78 is 47.8. The third-order valence-electron chi connectivity index (χ3n) is 3.56. The maximum absolute atomic E-state index is 12.5. The van der Waals surface area contributed by atoms with E-state index < -0.39 is 11.7 Å². The first-order valence-electron chi connectivity index (χ1n) is 7.76. The van der Waals surface area contributed by atoms with E-state index in [-0.39, 0.29) is 12.3 Å². The molecule has 0 aliphatic carbocycles. The van der Waals surface area contributed by atoms with Gasteiger partial charge in [-0.1, -0.05) is 0 Å². The van der Waals surface area contributed by atoms with Gasteiger partial charge in [-0.2, -0.15) is 13.2 Å². The van der Waals surface area contributed by atoms with Crippen LogP contribution in [0.4, 0.5) is 24.5 Å². The van der Waals surface area contributed by atoms with E-state index in [2.05, 4.69) is 10.6 Å². The molecule has 140 valence electrons. The van der Waals surface area contributed by atoms with E-state index in [1.54, 1.807) is 18.2 Å². The van der Waals surface area contributed by atoms with Gasteiger partial charge in [-0.15, -0.1) is 0 Å². The molecule has 0 aliphatic rings. The molecule has 2 rings (SSSR count). The van der Waals surface area contributed by atoms with Crippen LogP contribution < -0.4 is 20.1 Å². The maximum Gasteiger partial charge on any atom is 0.416 e. The van der Waals surface area contributed by atoms with Crippen molar-refractivity contribution in [3.8, 4) is 11.5 Å². The average Bonchev–Trinajstić information content (AvgIpc) is 2.61. The van der Waals surface area contributed by atoms with Crippen LogP contribution in [0.25, 0.3) is 0 Å². The van der Waals surface area contributed by atoms with E-state index in [0.29, 0.717) is 23.7 Å². The number of alkyl halides is 3. The largest absolute Gasteiger partial charge is 0.493 e. The molecule has 0 heterocycles. The van der Waals surface area contributed by atoms with Crippen LogP contribution in [0.5, 0.6) is 11.5 Å².